The molecule has 7 heteroatoms. The van der Waals surface area contributed by atoms with E-state index in [1.165, 1.54) is 24.3 Å². The van der Waals surface area contributed by atoms with Crippen molar-refractivity contribution in [1.82, 2.24) is 0 Å². The average Bonchev–Trinajstić information content (AvgIpc) is 2.77. The highest BCUT2D eigenvalue weighted by Crippen LogP contribution is 2.37. The average molecular weight is 354 g/mol. The van der Waals surface area contributed by atoms with Gasteiger partial charge in [0.1, 0.15) is 5.76 Å². The number of benzene rings is 1. The van der Waals surface area contributed by atoms with E-state index in [-0.39, 0.29) is 21.6 Å². The first-order chi connectivity index (χ1) is 8.79. The van der Waals surface area contributed by atoms with Crippen molar-refractivity contribution in [3.8, 4) is 11.3 Å². The van der Waals surface area contributed by atoms with E-state index in [1.54, 1.807) is 0 Å². The van der Waals surface area contributed by atoms with Gasteiger partial charge in [-0.2, -0.15) is 13.2 Å². The molecule has 0 radical (unpaired) electrons. The zero-order valence-corrected chi connectivity index (χ0v) is 11.4. The lowest BCUT2D eigenvalue weighted by Crippen LogP contribution is -2.06. The van der Waals surface area contributed by atoms with Crippen molar-refractivity contribution in [2.24, 2.45) is 0 Å². The zero-order chi connectivity index (χ0) is 14.2. The molecule has 0 saturated carbocycles. The van der Waals surface area contributed by atoms with Crippen LogP contribution in [-0.4, -0.2) is 5.24 Å². The second-order valence-electron chi connectivity index (χ2n) is 3.63. The van der Waals surface area contributed by atoms with Crippen molar-refractivity contribution in [2.45, 2.75) is 6.18 Å². The van der Waals surface area contributed by atoms with Crippen LogP contribution < -0.4 is 0 Å². The number of hydrogen-bond acceptors (Lipinski definition) is 2. The summed E-state index contributed by atoms with van der Waals surface area (Å²) in [5, 5.41) is -0.806. The summed E-state index contributed by atoms with van der Waals surface area (Å²) in [4.78, 5) is 10.9. The van der Waals surface area contributed by atoms with Crippen LogP contribution in [0.1, 0.15) is 16.1 Å². The van der Waals surface area contributed by atoms with Crippen LogP contribution in [0.15, 0.2) is 39.2 Å². The molecular weight excluding hydrogens is 348 g/mol. The highest BCUT2D eigenvalue weighted by molar-refractivity contribution is 9.10. The van der Waals surface area contributed by atoms with Gasteiger partial charge in [-0.25, -0.2) is 0 Å². The standard InChI is InChI=1S/C12H5BrClF3O2/c13-8-2-1-6(5-7(8)12(15,16)17)9-3-4-10(19-9)11(14)18/h1-5H. The lowest BCUT2D eigenvalue weighted by atomic mass is 10.1. The maximum absolute atomic E-state index is 12.7. The largest absolute Gasteiger partial charge is 0.452 e. The fraction of sp³-hybridized carbons (Fsp3) is 0.0833. The summed E-state index contributed by atoms with van der Waals surface area (Å²) in [6.45, 7) is 0. The molecule has 2 aromatic rings. The molecule has 1 heterocycles. The van der Waals surface area contributed by atoms with Gasteiger partial charge in [0, 0.05) is 10.0 Å². The SMILES string of the molecule is O=C(Cl)c1ccc(-c2ccc(Br)c(C(F)(F)F)c2)o1. The predicted molar refractivity (Wildman–Crippen MR) is 67.0 cm³/mol. The van der Waals surface area contributed by atoms with E-state index in [2.05, 4.69) is 15.9 Å². The normalized spacial score (nSPS) is 11.6. The second-order valence-corrected chi connectivity index (χ2v) is 4.83. The molecule has 0 unspecified atom stereocenters. The van der Waals surface area contributed by atoms with Crippen molar-refractivity contribution in [2.75, 3.05) is 0 Å². The smallest absolute Gasteiger partial charge is 0.417 e. The molecule has 0 amide bonds. The molecule has 100 valence electrons. The van der Waals surface area contributed by atoms with Gasteiger partial charge in [-0.05, 0) is 35.9 Å². The second kappa shape index (κ2) is 5.02. The summed E-state index contributed by atoms with van der Waals surface area (Å²) in [6.07, 6.45) is -4.48. The van der Waals surface area contributed by atoms with Crippen LogP contribution in [0.4, 0.5) is 13.2 Å². The van der Waals surface area contributed by atoms with Crippen LogP contribution in [-0.2, 0) is 6.18 Å². The summed E-state index contributed by atoms with van der Waals surface area (Å²) in [5.41, 5.74) is -0.611. The van der Waals surface area contributed by atoms with Gasteiger partial charge in [0.2, 0.25) is 0 Å². The minimum Gasteiger partial charge on any atom is -0.452 e. The number of carbonyl (C=O) groups is 1. The summed E-state index contributed by atoms with van der Waals surface area (Å²) in [6, 6.07) is 6.34. The fourth-order valence-electron chi connectivity index (χ4n) is 1.49. The molecule has 0 fully saturated rings. The molecule has 0 spiro atoms. The van der Waals surface area contributed by atoms with E-state index < -0.39 is 17.0 Å². The van der Waals surface area contributed by atoms with Crippen LogP contribution in [0, 0.1) is 0 Å². The fourth-order valence-corrected chi connectivity index (χ4v) is 2.07. The van der Waals surface area contributed by atoms with E-state index in [1.807, 2.05) is 0 Å². The first kappa shape index (κ1) is 14.1. The van der Waals surface area contributed by atoms with Gasteiger partial charge in [-0.3, -0.25) is 4.79 Å². The number of hydrogen-bond donors (Lipinski definition) is 0. The monoisotopic (exact) mass is 352 g/mol. The van der Waals surface area contributed by atoms with Gasteiger partial charge in [-0.15, -0.1) is 0 Å². The molecule has 0 aliphatic carbocycles. The lowest BCUT2D eigenvalue weighted by molar-refractivity contribution is -0.138. The number of furan rings is 1. The van der Waals surface area contributed by atoms with Gasteiger partial charge in [0.15, 0.2) is 5.76 Å². The van der Waals surface area contributed by atoms with Crippen LogP contribution in [0.25, 0.3) is 11.3 Å². The molecule has 2 rings (SSSR count). The summed E-state index contributed by atoms with van der Waals surface area (Å²) in [7, 11) is 0. The minimum atomic E-state index is -4.48. The van der Waals surface area contributed by atoms with E-state index in [0.717, 1.165) is 6.07 Å². The first-order valence-corrected chi connectivity index (χ1v) is 6.13. The summed E-state index contributed by atoms with van der Waals surface area (Å²) in [5.74, 6) is 0.0233. The number of carbonyl (C=O) groups excluding carboxylic acids is 1. The topological polar surface area (TPSA) is 30.2 Å². The molecule has 2 nitrogen and oxygen atoms in total. The van der Waals surface area contributed by atoms with Crippen LogP contribution in [0.5, 0.6) is 0 Å². The summed E-state index contributed by atoms with van der Waals surface area (Å²) < 4.78 is 43.2. The Morgan fingerprint density at radius 1 is 1.21 bits per heavy atom. The van der Waals surface area contributed by atoms with Crippen LogP contribution in [0.2, 0.25) is 0 Å². The zero-order valence-electron chi connectivity index (χ0n) is 9.09. The summed E-state index contributed by atoms with van der Waals surface area (Å²) >= 11 is 8.05. The third-order valence-electron chi connectivity index (χ3n) is 2.36. The molecule has 0 bridgehead atoms. The van der Waals surface area contributed by atoms with Gasteiger partial charge in [-0.1, -0.05) is 22.0 Å². The Bertz CT molecular complexity index is 634. The van der Waals surface area contributed by atoms with Crippen molar-refractivity contribution < 1.29 is 22.4 Å². The number of rotatable bonds is 2. The molecule has 1 aromatic heterocycles. The third-order valence-corrected chi connectivity index (χ3v) is 3.23. The number of halogens is 5. The molecule has 19 heavy (non-hydrogen) atoms. The van der Waals surface area contributed by atoms with E-state index in [0.29, 0.717) is 0 Å². The van der Waals surface area contributed by atoms with Crippen molar-refractivity contribution in [3.05, 3.63) is 46.1 Å². The Morgan fingerprint density at radius 2 is 1.89 bits per heavy atom. The quantitative estimate of drug-likeness (QED) is 0.703. The predicted octanol–water partition coefficient (Wildman–Crippen LogP) is 5.11. The molecule has 0 saturated heterocycles. The van der Waals surface area contributed by atoms with Gasteiger partial charge < -0.3 is 4.42 Å². The van der Waals surface area contributed by atoms with Crippen molar-refractivity contribution in [3.63, 3.8) is 0 Å². The van der Waals surface area contributed by atoms with Crippen molar-refractivity contribution >= 4 is 32.8 Å². The van der Waals surface area contributed by atoms with E-state index >= 15 is 0 Å². The molecular formula is C12H5BrClF3O2. The Kier molecular flexibility index (Phi) is 3.73. The Labute approximate surface area is 119 Å². The first-order valence-electron chi connectivity index (χ1n) is 4.96. The Morgan fingerprint density at radius 3 is 2.42 bits per heavy atom. The molecule has 0 N–H and O–H groups in total. The molecule has 0 aliphatic rings. The highest BCUT2D eigenvalue weighted by atomic mass is 79.9. The van der Waals surface area contributed by atoms with E-state index in [9.17, 15) is 18.0 Å². The Hall–Kier alpha value is -1.27. The van der Waals surface area contributed by atoms with Gasteiger partial charge in [0.25, 0.3) is 5.24 Å². The number of alkyl halides is 3. The van der Waals surface area contributed by atoms with Gasteiger partial charge >= 0.3 is 6.18 Å². The van der Waals surface area contributed by atoms with Crippen LogP contribution >= 0.6 is 27.5 Å². The molecule has 0 atom stereocenters. The van der Waals surface area contributed by atoms with E-state index in [4.69, 9.17) is 16.0 Å². The van der Waals surface area contributed by atoms with Crippen molar-refractivity contribution in [1.29, 1.82) is 0 Å². The highest BCUT2D eigenvalue weighted by Gasteiger charge is 2.33. The van der Waals surface area contributed by atoms with Crippen LogP contribution in [0.3, 0.4) is 0 Å². The third kappa shape index (κ3) is 3.01. The molecule has 0 aliphatic heterocycles. The van der Waals surface area contributed by atoms with Gasteiger partial charge in [0.05, 0.1) is 5.56 Å². The lowest BCUT2D eigenvalue weighted by Gasteiger charge is -2.10. The Balaban J connectivity index is 2.48. The molecule has 1 aromatic carbocycles. The minimum absolute atomic E-state index is 0.0658. The maximum Gasteiger partial charge on any atom is 0.417 e. The maximum atomic E-state index is 12.7.